The number of nitrogens with two attached hydrogens (primary N) is 1. The number of amides is 1. The van der Waals surface area contributed by atoms with E-state index < -0.39 is 0 Å². The highest BCUT2D eigenvalue weighted by Crippen LogP contribution is 2.22. The lowest BCUT2D eigenvalue weighted by Crippen LogP contribution is -2.36. The van der Waals surface area contributed by atoms with Crippen molar-refractivity contribution >= 4 is 33.6 Å². The maximum atomic E-state index is 12.2. The SMILES string of the molecule is C[C@@H](Sc1nnc(COc2cccc(Br)c2)n1N)C(=O)NC[C@H]1CCCO1. The van der Waals surface area contributed by atoms with Crippen molar-refractivity contribution in [1.29, 1.82) is 0 Å². The fourth-order valence-corrected chi connectivity index (χ4v) is 3.76. The van der Waals surface area contributed by atoms with Gasteiger partial charge in [-0.15, -0.1) is 10.2 Å². The van der Waals surface area contributed by atoms with Crippen LogP contribution in [0, 0.1) is 0 Å². The maximum Gasteiger partial charge on any atom is 0.233 e. The van der Waals surface area contributed by atoms with Crippen molar-refractivity contribution in [1.82, 2.24) is 20.2 Å². The standard InChI is InChI=1S/C17H22BrN5O3S/c1-11(16(24)20-9-14-6-3-7-25-14)27-17-22-21-15(23(17)19)10-26-13-5-2-4-12(18)8-13/h2,4-5,8,11,14H,3,6-7,9-10,19H2,1H3,(H,20,24)/t11-,14-/m1/s1. The molecular weight excluding hydrogens is 434 g/mol. The van der Waals surface area contributed by atoms with Crippen LogP contribution in [-0.4, -0.2) is 45.3 Å². The molecule has 1 amide bonds. The molecule has 3 N–H and O–H groups in total. The first-order chi connectivity index (χ1) is 13.0. The molecule has 2 aromatic rings. The number of nitrogens with one attached hydrogen (secondary N) is 1. The molecule has 2 heterocycles. The van der Waals surface area contributed by atoms with Crippen molar-refractivity contribution in [2.75, 3.05) is 19.0 Å². The number of nitrogens with zero attached hydrogens (tertiary/aromatic N) is 3. The van der Waals surface area contributed by atoms with Crippen LogP contribution < -0.4 is 15.9 Å². The van der Waals surface area contributed by atoms with Crippen LogP contribution >= 0.6 is 27.7 Å². The zero-order valence-corrected chi connectivity index (χ0v) is 17.3. The number of thioether (sulfide) groups is 1. The molecule has 0 unspecified atom stereocenters. The molecule has 1 aliphatic heterocycles. The van der Waals surface area contributed by atoms with Crippen LogP contribution in [0.15, 0.2) is 33.9 Å². The van der Waals surface area contributed by atoms with Gasteiger partial charge in [-0.25, -0.2) is 4.68 Å². The van der Waals surface area contributed by atoms with Crippen molar-refractivity contribution in [3.8, 4) is 5.75 Å². The van der Waals surface area contributed by atoms with E-state index in [9.17, 15) is 4.79 Å². The summed E-state index contributed by atoms with van der Waals surface area (Å²) in [4.78, 5) is 12.2. The van der Waals surface area contributed by atoms with Crippen LogP contribution in [0.4, 0.5) is 0 Å². The average molecular weight is 456 g/mol. The van der Waals surface area contributed by atoms with Crippen LogP contribution in [0.1, 0.15) is 25.6 Å². The molecule has 1 aromatic carbocycles. The summed E-state index contributed by atoms with van der Waals surface area (Å²) in [5, 5.41) is 11.1. The Morgan fingerprint density at radius 2 is 2.41 bits per heavy atom. The minimum absolute atomic E-state index is 0.0783. The van der Waals surface area contributed by atoms with E-state index >= 15 is 0 Å². The smallest absolute Gasteiger partial charge is 0.233 e. The molecule has 1 saturated heterocycles. The van der Waals surface area contributed by atoms with Gasteiger partial charge in [0.15, 0.2) is 5.82 Å². The first-order valence-electron chi connectivity index (χ1n) is 8.66. The molecule has 0 radical (unpaired) electrons. The first-order valence-corrected chi connectivity index (χ1v) is 10.3. The number of carbonyl (C=O) groups excluding carboxylic acids is 1. The quantitative estimate of drug-likeness (QED) is 0.463. The largest absolute Gasteiger partial charge is 0.485 e. The topological polar surface area (TPSA) is 104 Å². The Morgan fingerprint density at radius 3 is 3.15 bits per heavy atom. The highest BCUT2D eigenvalue weighted by molar-refractivity contribution is 9.10. The summed E-state index contributed by atoms with van der Waals surface area (Å²) in [6.07, 6.45) is 2.15. The normalized spacial score (nSPS) is 17.6. The molecule has 0 spiro atoms. The number of nitrogen functional groups attached to an aromatic ring is 1. The fourth-order valence-electron chi connectivity index (χ4n) is 2.57. The molecule has 0 aliphatic carbocycles. The van der Waals surface area contributed by atoms with E-state index in [1.54, 1.807) is 0 Å². The lowest BCUT2D eigenvalue weighted by Gasteiger charge is -2.14. The summed E-state index contributed by atoms with van der Waals surface area (Å²) in [6, 6.07) is 7.49. The second-order valence-corrected chi connectivity index (χ2v) is 8.38. The molecule has 1 aliphatic rings. The zero-order chi connectivity index (χ0) is 19.2. The van der Waals surface area contributed by atoms with Gasteiger partial charge >= 0.3 is 0 Å². The predicted molar refractivity (Wildman–Crippen MR) is 106 cm³/mol. The molecule has 1 aromatic heterocycles. The fraction of sp³-hybridized carbons (Fsp3) is 0.471. The van der Waals surface area contributed by atoms with E-state index in [0.717, 1.165) is 23.9 Å². The molecule has 8 nitrogen and oxygen atoms in total. The Morgan fingerprint density at radius 1 is 1.56 bits per heavy atom. The molecule has 146 valence electrons. The van der Waals surface area contributed by atoms with Gasteiger partial charge in [0.2, 0.25) is 11.1 Å². The lowest BCUT2D eigenvalue weighted by atomic mass is 10.2. The Kier molecular flexibility index (Phi) is 6.97. The zero-order valence-electron chi connectivity index (χ0n) is 14.9. The third-order valence-electron chi connectivity index (χ3n) is 4.08. The van der Waals surface area contributed by atoms with Gasteiger partial charge in [0.05, 0.1) is 11.4 Å². The van der Waals surface area contributed by atoms with Crippen molar-refractivity contribution in [3.05, 3.63) is 34.6 Å². The third-order valence-corrected chi connectivity index (χ3v) is 5.63. The van der Waals surface area contributed by atoms with Crippen molar-refractivity contribution < 1.29 is 14.3 Å². The summed E-state index contributed by atoms with van der Waals surface area (Å²) in [7, 11) is 0. The molecule has 0 bridgehead atoms. The van der Waals surface area contributed by atoms with E-state index in [0.29, 0.717) is 23.3 Å². The number of hydrogen-bond acceptors (Lipinski definition) is 7. The monoisotopic (exact) mass is 455 g/mol. The Bertz CT molecular complexity index is 782. The molecule has 0 saturated carbocycles. The number of carbonyl (C=O) groups is 1. The predicted octanol–water partition coefficient (Wildman–Crippen LogP) is 2.11. The van der Waals surface area contributed by atoms with E-state index in [4.69, 9.17) is 15.3 Å². The van der Waals surface area contributed by atoms with E-state index in [2.05, 4.69) is 31.4 Å². The number of rotatable bonds is 8. The van der Waals surface area contributed by atoms with Gasteiger partial charge in [0.1, 0.15) is 12.4 Å². The second kappa shape index (κ2) is 9.43. The molecule has 10 heteroatoms. The lowest BCUT2D eigenvalue weighted by molar-refractivity contribution is -0.120. The van der Waals surface area contributed by atoms with Gasteiger partial charge in [-0.2, -0.15) is 0 Å². The summed E-state index contributed by atoms with van der Waals surface area (Å²) >= 11 is 4.65. The van der Waals surface area contributed by atoms with Crippen molar-refractivity contribution in [2.24, 2.45) is 0 Å². The van der Waals surface area contributed by atoms with Crippen LogP contribution in [0.2, 0.25) is 0 Å². The molecule has 3 rings (SSSR count). The van der Waals surface area contributed by atoms with Gasteiger partial charge in [-0.3, -0.25) is 4.79 Å². The molecule has 27 heavy (non-hydrogen) atoms. The first kappa shape index (κ1) is 20.0. The minimum Gasteiger partial charge on any atom is -0.485 e. The average Bonchev–Trinajstić information content (AvgIpc) is 3.29. The molecular formula is C17H22BrN5O3S. The number of benzene rings is 1. The van der Waals surface area contributed by atoms with E-state index in [-0.39, 0.29) is 23.9 Å². The highest BCUT2D eigenvalue weighted by Gasteiger charge is 2.22. The summed E-state index contributed by atoms with van der Waals surface area (Å²) in [6.45, 7) is 3.29. The van der Waals surface area contributed by atoms with Gasteiger partial charge in [-0.05, 0) is 38.0 Å². The van der Waals surface area contributed by atoms with Crippen molar-refractivity contribution in [3.63, 3.8) is 0 Å². The number of aromatic nitrogens is 3. The maximum absolute atomic E-state index is 12.2. The van der Waals surface area contributed by atoms with E-state index in [1.165, 1.54) is 16.4 Å². The van der Waals surface area contributed by atoms with Gasteiger partial charge in [0, 0.05) is 17.6 Å². The Balaban J connectivity index is 1.50. The third kappa shape index (κ3) is 5.60. The Labute approximate surface area is 170 Å². The number of hydrogen-bond donors (Lipinski definition) is 2. The van der Waals surface area contributed by atoms with Gasteiger partial charge in [0.25, 0.3) is 0 Å². The number of halogens is 1. The van der Waals surface area contributed by atoms with Gasteiger partial charge in [-0.1, -0.05) is 33.8 Å². The number of ether oxygens (including phenoxy) is 2. The van der Waals surface area contributed by atoms with Gasteiger partial charge < -0.3 is 20.6 Å². The minimum atomic E-state index is -0.350. The summed E-state index contributed by atoms with van der Waals surface area (Å²) in [5.41, 5.74) is 0. The summed E-state index contributed by atoms with van der Waals surface area (Å²) in [5.74, 6) is 7.14. The van der Waals surface area contributed by atoms with Crippen molar-refractivity contribution in [2.45, 2.75) is 42.9 Å². The molecule has 2 atom stereocenters. The molecule has 1 fully saturated rings. The van der Waals surface area contributed by atoms with Crippen LogP contribution in [0.5, 0.6) is 5.75 Å². The van der Waals surface area contributed by atoms with Crippen LogP contribution in [-0.2, 0) is 16.1 Å². The van der Waals surface area contributed by atoms with Crippen LogP contribution in [0.3, 0.4) is 0 Å². The Hall–Kier alpha value is -1.78. The van der Waals surface area contributed by atoms with Crippen LogP contribution in [0.25, 0.3) is 0 Å². The summed E-state index contributed by atoms with van der Waals surface area (Å²) < 4.78 is 13.5. The van der Waals surface area contributed by atoms with E-state index in [1.807, 2.05) is 31.2 Å². The second-order valence-electron chi connectivity index (χ2n) is 6.16. The highest BCUT2D eigenvalue weighted by atomic mass is 79.9.